The third-order valence-corrected chi connectivity index (χ3v) is 6.24. The van der Waals surface area contributed by atoms with Gasteiger partial charge in [-0.15, -0.1) is 0 Å². The number of hydrogen-bond donors (Lipinski definition) is 0. The van der Waals surface area contributed by atoms with Gasteiger partial charge in [-0.1, -0.05) is 25.0 Å². The molecule has 0 bridgehead atoms. The molecule has 0 aromatic heterocycles. The van der Waals surface area contributed by atoms with E-state index >= 15 is 0 Å². The van der Waals surface area contributed by atoms with Crippen molar-refractivity contribution in [3.63, 3.8) is 0 Å². The van der Waals surface area contributed by atoms with Gasteiger partial charge in [0, 0.05) is 5.41 Å². The van der Waals surface area contributed by atoms with Crippen LogP contribution in [0.5, 0.6) is 0 Å². The van der Waals surface area contributed by atoms with Gasteiger partial charge in [0.2, 0.25) is 0 Å². The van der Waals surface area contributed by atoms with Crippen molar-refractivity contribution in [3.05, 3.63) is 22.5 Å². The molecular weight excluding hydrogens is 236 g/mol. The molecule has 0 radical (unpaired) electrons. The Bertz CT molecular complexity index is 521. The average molecular weight is 262 g/mol. The fraction of sp³-hybridized carbons (Fsp3) is 0.706. The van der Waals surface area contributed by atoms with Crippen LogP contribution in [0.25, 0.3) is 0 Å². The lowest BCUT2D eigenvalue weighted by Gasteiger charge is -2.66. The summed E-state index contributed by atoms with van der Waals surface area (Å²) in [6.45, 7) is 16.8. The van der Waals surface area contributed by atoms with Crippen LogP contribution in [0.15, 0.2) is 22.5 Å². The molecule has 0 aliphatic heterocycles. The van der Waals surface area contributed by atoms with E-state index in [1.165, 1.54) is 16.7 Å². The predicted molar refractivity (Wildman–Crippen MR) is 77.5 cm³/mol. The molecule has 0 fully saturated rings. The highest BCUT2D eigenvalue weighted by molar-refractivity contribution is 5.78. The first-order chi connectivity index (χ1) is 8.55. The van der Waals surface area contributed by atoms with Crippen LogP contribution in [0.2, 0.25) is 0 Å². The van der Waals surface area contributed by atoms with Gasteiger partial charge in [0.25, 0.3) is 0 Å². The standard InChI is InChI=1S/C17H26O2/c1-9-15(5,6)14(18)19-13-12(4)16(7)10(2)11(3)17(13,16)8/h9H2,1-8H3. The number of carbonyl (C=O) groups excluding carboxylic acids is 1. The Morgan fingerprint density at radius 3 is 2.00 bits per heavy atom. The number of fused-ring (bicyclic) bond motifs is 1. The number of carbonyl (C=O) groups is 1. The zero-order valence-corrected chi connectivity index (χ0v) is 13.5. The van der Waals surface area contributed by atoms with Gasteiger partial charge in [0.15, 0.2) is 0 Å². The second-order valence-electron chi connectivity index (χ2n) is 7.08. The van der Waals surface area contributed by atoms with Crippen molar-refractivity contribution in [2.45, 2.75) is 61.8 Å². The molecule has 0 heterocycles. The van der Waals surface area contributed by atoms with E-state index in [0.29, 0.717) is 0 Å². The molecule has 19 heavy (non-hydrogen) atoms. The maximum absolute atomic E-state index is 12.3. The number of hydrogen-bond acceptors (Lipinski definition) is 2. The summed E-state index contributed by atoms with van der Waals surface area (Å²) >= 11 is 0. The van der Waals surface area contributed by atoms with Crippen LogP contribution in [0, 0.1) is 16.2 Å². The predicted octanol–water partition coefficient (Wildman–Crippen LogP) is 4.62. The Hall–Kier alpha value is -1.05. The van der Waals surface area contributed by atoms with Crippen molar-refractivity contribution in [2.75, 3.05) is 0 Å². The first kappa shape index (κ1) is 14.4. The van der Waals surface area contributed by atoms with Gasteiger partial charge in [-0.3, -0.25) is 4.79 Å². The number of esters is 1. The van der Waals surface area contributed by atoms with Crippen LogP contribution < -0.4 is 0 Å². The summed E-state index contributed by atoms with van der Waals surface area (Å²) < 4.78 is 5.78. The quantitative estimate of drug-likeness (QED) is 0.548. The van der Waals surface area contributed by atoms with Crippen molar-refractivity contribution in [3.8, 4) is 0 Å². The highest BCUT2D eigenvalue weighted by Crippen LogP contribution is 2.74. The molecule has 106 valence electrons. The number of allylic oxidation sites excluding steroid dienone is 3. The van der Waals surface area contributed by atoms with E-state index in [4.69, 9.17) is 4.74 Å². The molecule has 2 rings (SSSR count). The van der Waals surface area contributed by atoms with Crippen LogP contribution in [-0.4, -0.2) is 5.97 Å². The molecule has 0 saturated carbocycles. The number of ether oxygens (including phenoxy) is 1. The molecule has 0 N–H and O–H groups in total. The van der Waals surface area contributed by atoms with E-state index in [9.17, 15) is 4.79 Å². The van der Waals surface area contributed by atoms with Gasteiger partial charge in [0.1, 0.15) is 5.76 Å². The fourth-order valence-electron chi connectivity index (χ4n) is 3.58. The first-order valence-electron chi connectivity index (χ1n) is 7.17. The van der Waals surface area contributed by atoms with E-state index in [2.05, 4.69) is 34.6 Å². The van der Waals surface area contributed by atoms with E-state index < -0.39 is 5.41 Å². The van der Waals surface area contributed by atoms with Crippen molar-refractivity contribution in [1.29, 1.82) is 0 Å². The fourth-order valence-corrected chi connectivity index (χ4v) is 3.58. The number of rotatable bonds is 3. The highest BCUT2D eigenvalue weighted by Gasteiger charge is 2.68. The Kier molecular flexibility index (Phi) is 2.83. The first-order valence-corrected chi connectivity index (χ1v) is 7.17. The SMILES string of the molecule is CCC(C)(C)C(=O)OC1=C(C)C2(C)C(C)=C(C)C12C. The van der Waals surface area contributed by atoms with Gasteiger partial charge >= 0.3 is 5.97 Å². The molecule has 2 nitrogen and oxygen atoms in total. The molecule has 0 spiro atoms. The van der Waals surface area contributed by atoms with Crippen LogP contribution in [0.1, 0.15) is 61.8 Å². The zero-order valence-electron chi connectivity index (χ0n) is 13.5. The largest absolute Gasteiger partial charge is 0.430 e. The Labute approximate surface area is 116 Å². The summed E-state index contributed by atoms with van der Waals surface area (Å²) in [7, 11) is 0. The minimum atomic E-state index is -0.411. The van der Waals surface area contributed by atoms with Crippen molar-refractivity contribution in [2.24, 2.45) is 16.2 Å². The van der Waals surface area contributed by atoms with Crippen molar-refractivity contribution < 1.29 is 9.53 Å². The third kappa shape index (κ3) is 1.35. The molecule has 0 aromatic carbocycles. The second-order valence-corrected chi connectivity index (χ2v) is 7.08. The van der Waals surface area contributed by atoms with Gasteiger partial charge < -0.3 is 4.74 Å². The van der Waals surface area contributed by atoms with Crippen LogP contribution >= 0.6 is 0 Å². The minimum Gasteiger partial charge on any atom is -0.430 e. The molecule has 0 aromatic rings. The Balaban J connectivity index is 2.29. The van der Waals surface area contributed by atoms with Crippen LogP contribution in [0.4, 0.5) is 0 Å². The van der Waals surface area contributed by atoms with Crippen LogP contribution in [-0.2, 0) is 9.53 Å². The van der Waals surface area contributed by atoms with Gasteiger partial charge in [-0.25, -0.2) is 0 Å². The smallest absolute Gasteiger partial charge is 0.316 e. The van der Waals surface area contributed by atoms with E-state index in [-0.39, 0.29) is 16.8 Å². The molecular formula is C17H26O2. The lowest BCUT2D eigenvalue weighted by Crippen LogP contribution is -2.59. The van der Waals surface area contributed by atoms with Gasteiger partial charge in [-0.2, -0.15) is 0 Å². The normalized spacial score (nSPS) is 33.7. The monoisotopic (exact) mass is 262 g/mol. The van der Waals surface area contributed by atoms with Crippen molar-refractivity contribution >= 4 is 5.97 Å². The van der Waals surface area contributed by atoms with E-state index in [1.807, 2.05) is 20.8 Å². The Morgan fingerprint density at radius 2 is 1.53 bits per heavy atom. The summed E-state index contributed by atoms with van der Waals surface area (Å²) in [6.07, 6.45) is 0.792. The van der Waals surface area contributed by atoms with Crippen molar-refractivity contribution in [1.82, 2.24) is 0 Å². The zero-order chi connectivity index (χ0) is 14.8. The molecule has 2 aliphatic carbocycles. The summed E-state index contributed by atoms with van der Waals surface area (Å²) in [5, 5.41) is 0. The van der Waals surface area contributed by atoms with E-state index in [1.54, 1.807) is 0 Å². The summed E-state index contributed by atoms with van der Waals surface area (Å²) in [4.78, 5) is 12.3. The second kappa shape index (κ2) is 3.74. The third-order valence-electron chi connectivity index (χ3n) is 6.24. The van der Waals surface area contributed by atoms with Gasteiger partial charge in [-0.05, 0) is 53.5 Å². The average Bonchev–Trinajstić information content (AvgIpc) is 2.40. The van der Waals surface area contributed by atoms with Crippen LogP contribution in [0.3, 0.4) is 0 Å². The summed E-state index contributed by atoms with van der Waals surface area (Å²) in [6, 6.07) is 0. The molecule has 0 saturated heterocycles. The Morgan fingerprint density at radius 1 is 1.05 bits per heavy atom. The molecule has 2 heteroatoms. The van der Waals surface area contributed by atoms with Gasteiger partial charge in [0.05, 0.1) is 10.8 Å². The topological polar surface area (TPSA) is 26.3 Å². The maximum Gasteiger partial charge on any atom is 0.316 e. The lowest BCUT2D eigenvalue weighted by atomic mass is 9.38. The maximum atomic E-state index is 12.3. The lowest BCUT2D eigenvalue weighted by molar-refractivity contribution is -0.155. The summed E-state index contributed by atoms with van der Waals surface area (Å²) in [5.41, 5.74) is 3.63. The highest BCUT2D eigenvalue weighted by atomic mass is 16.5. The minimum absolute atomic E-state index is 0.0688. The molecule has 2 unspecified atom stereocenters. The molecule has 2 aliphatic rings. The molecule has 2 atom stereocenters. The molecule has 0 amide bonds. The van der Waals surface area contributed by atoms with E-state index in [0.717, 1.165) is 12.2 Å². The summed E-state index contributed by atoms with van der Waals surface area (Å²) in [5.74, 6) is 0.787.